The molecule has 21 heavy (non-hydrogen) atoms. The van der Waals surface area contributed by atoms with Crippen LogP contribution in [0.1, 0.15) is 41.6 Å². The maximum Gasteiger partial charge on any atom is 0.128 e. The third kappa shape index (κ3) is 2.34. The number of ether oxygens (including phenoxy) is 1. The molecule has 4 rings (SSSR count). The minimum atomic E-state index is -0.414. The van der Waals surface area contributed by atoms with Gasteiger partial charge in [0.25, 0.3) is 0 Å². The molecule has 0 bridgehead atoms. The smallest absolute Gasteiger partial charge is 0.128 e. The van der Waals surface area contributed by atoms with Gasteiger partial charge in [-0.15, -0.1) is 0 Å². The van der Waals surface area contributed by atoms with Crippen LogP contribution in [0.25, 0.3) is 0 Å². The number of hydrogen-bond acceptors (Lipinski definition) is 2. The second-order valence-electron chi connectivity index (χ2n) is 6.15. The molecule has 2 nitrogen and oxygen atoms in total. The normalized spacial score (nSPS) is 24.8. The Kier molecular flexibility index (Phi) is 3.19. The van der Waals surface area contributed by atoms with Gasteiger partial charge in [-0.2, -0.15) is 0 Å². The molecule has 0 amide bonds. The van der Waals surface area contributed by atoms with E-state index in [9.17, 15) is 5.11 Å². The number of benzene rings is 2. The van der Waals surface area contributed by atoms with Crippen LogP contribution in [0, 0.1) is 5.92 Å². The van der Waals surface area contributed by atoms with Gasteiger partial charge in [0.15, 0.2) is 0 Å². The summed E-state index contributed by atoms with van der Waals surface area (Å²) >= 11 is 0. The summed E-state index contributed by atoms with van der Waals surface area (Å²) in [5, 5.41) is 10.8. The van der Waals surface area contributed by atoms with Crippen LogP contribution in [-0.4, -0.2) is 11.7 Å². The van der Waals surface area contributed by atoms with E-state index in [2.05, 4.69) is 30.3 Å². The van der Waals surface area contributed by atoms with Crippen LogP contribution in [-0.2, 0) is 6.42 Å². The molecule has 2 heteroatoms. The highest BCUT2D eigenvalue weighted by Crippen LogP contribution is 2.55. The highest BCUT2D eigenvalue weighted by Gasteiger charge is 2.44. The average Bonchev–Trinajstić information content (AvgIpc) is 3.35. The Morgan fingerprint density at radius 2 is 1.90 bits per heavy atom. The van der Waals surface area contributed by atoms with Crippen molar-refractivity contribution in [3.63, 3.8) is 0 Å². The van der Waals surface area contributed by atoms with Crippen molar-refractivity contribution in [2.24, 2.45) is 5.92 Å². The Bertz CT molecular complexity index is 635. The number of aliphatic hydroxyl groups is 1. The van der Waals surface area contributed by atoms with Crippen LogP contribution in [0.15, 0.2) is 48.5 Å². The number of aryl methyl sites for hydroxylation is 1. The summed E-state index contributed by atoms with van der Waals surface area (Å²) in [6.07, 6.45) is 2.78. The molecule has 3 unspecified atom stereocenters. The van der Waals surface area contributed by atoms with Crippen molar-refractivity contribution in [2.75, 3.05) is 6.61 Å². The van der Waals surface area contributed by atoms with E-state index in [1.807, 2.05) is 18.2 Å². The fraction of sp³-hybridized carbons (Fsp3) is 0.368. The molecule has 1 aliphatic carbocycles. The van der Waals surface area contributed by atoms with Crippen molar-refractivity contribution in [3.8, 4) is 5.75 Å². The molecule has 3 atom stereocenters. The Morgan fingerprint density at radius 3 is 2.76 bits per heavy atom. The zero-order chi connectivity index (χ0) is 14.2. The topological polar surface area (TPSA) is 29.5 Å². The van der Waals surface area contributed by atoms with E-state index in [0.717, 1.165) is 37.2 Å². The zero-order valence-corrected chi connectivity index (χ0v) is 12.0. The molecule has 0 radical (unpaired) electrons. The summed E-state index contributed by atoms with van der Waals surface area (Å²) in [6.45, 7) is 0.767. The first kappa shape index (κ1) is 12.9. The van der Waals surface area contributed by atoms with Crippen LogP contribution in [0.5, 0.6) is 5.75 Å². The molecule has 1 aliphatic heterocycles. The Morgan fingerprint density at radius 1 is 1.05 bits per heavy atom. The van der Waals surface area contributed by atoms with Gasteiger partial charge in [-0.25, -0.2) is 0 Å². The lowest BCUT2D eigenvalue weighted by atomic mass is 9.96. The lowest BCUT2D eigenvalue weighted by molar-refractivity contribution is 0.144. The van der Waals surface area contributed by atoms with Crippen LogP contribution < -0.4 is 4.74 Å². The summed E-state index contributed by atoms with van der Waals surface area (Å²) < 4.78 is 5.83. The zero-order valence-electron chi connectivity index (χ0n) is 12.0. The first-order chi connectivity index (χ1) is 10.3. The number of rotatable bonds is 3. The average molecular weight is 280 g/mol. The van der Waals surface area contributed by atoms with Gasteiger partial charge in [0.1, 0.15) is 5.75 Å². The Labute approximate surface area is 125 Å². The van der Waals surface area contributed by atoms with E-state index in [1.165, 1.54) is 11.1 Å². The van der Waals surface area contributed by atoms with Crippen molar-refractivity contribution in [3.05, 3.63) is 65.2 Å². The molecule has 1 saturated carbocycles. The van der Waals surface area contributed by atoms with Gasteiger partial charge in [0, 0.05) is 5.56 Å². The first-order valence-electron chi connectivity index (χ1n) is 7.82. The van der Waals surface area contributed by atoms with Gasteiger partial charge in [-0.05, 0) is 42.2 Å². The van der Waals surface area contributed by atoms with Crippen molar-refractivity contribution >= 4 is 0 Å². The Hall–Kier alpha value is -1.80. The van der Waals surface area contributed by atoms with Crippen molar-refractivity contribution < 1.29 is 9.84 Å². The summed E-state index contributed by atoms with van der Waals surface area (Å²) in [5.74, 6) is 1.75. The molecule has 0 spiro atoms. The molecule has 2 aromatic rings. The lowest BCUT2D eigenvalue weighted by Gasteiger charge is -2.23. The fourth-order valence-corrected chi connectivity index (χ4v) is 3.53. The Balaban J connectivity index is 1.58. The summed E-state index contributed by atoms with van der Waals surface area (Å²) in [7, 11) is 0. The molecule has 0 aromatic heterocycles. The van der Waals surface area contributed by atoms with Crippen LogP contribution >= 0.6 is 0 Å². The number of aliphatic hydroxyl groups excluding tert-OH is 1. The van der Waals surface area contributed by atoms with E-state index in [1.54, 1.807) is 0 Å². The predicted molar refractivity (Wildman–Crippen MR) is 82.5 cm³/mol. The monoisotopic (exact) mass is 280 g/mol. The molecule has 1 heterocycles. The minimum Gasteiger partial charge on any atom is -0.493 e. The van der Waals surface area contributed by atoms with Crippen LogP contribution in [0.4, 0.5) is 0 Å². The second-order valence-corrected chi connectivity index (χ2v) is 6.15. The van der Waals surface area contributed by atoms with E-state index < -0.39 is 6.10 Å². The highest BCUT2D eigenvalue weighted by atomic mass is 16.5. The maximum atomic E-state index is 10.8. The van der Waals surface area contributed by atoms with Crippen molar-refractivity contribution in [1.29, 1.82) is 0 Å². The molecule has 2 aliphatic rings. The van der Waals surface area contributed by atoms with E-state index in [4.69, 9.17) is 4.74 Å². The summed E-state index contributed by atoms with van der Waals surface area (Å²) in [5.41, 5.74) is 3.57. The third-order valence-electron chi connectivity index (χ3n) is 4.76. The number of hydrogen-bond donors (Lipinski definition) is 1. The van der Waals surface area contributed by atoms with Gasteiger partial charge in [-0.3, -0.25) is 0 Å². The van der Waals surface area contributed by atoms with Gasteiger partial charge in [-0.1, -0.05) is 48.5 Å². The largest absolute Gasteiger partial charge is 0.493 e. The predicted octanol–water partition coefficient (Wildman–Crippen LogP) is 3.85. The molecule has 1 N–H and O–H groups in total. The standard InChI is InChI=1S/C19H20O2/c20-18(17-12-16(17)13-6-2-1-3-7-13)15-10-4-8-14-9-5-11-21-19(14)15/h1-4,6-8,10,16-18,20H,5,9,11-12H2. The third-order valence-corrected chi connectivity index (χ3v) is 4.76. The fourth-order valence-electron chi connectivity index (χ4n) is 3.53. The van der Waals surface area contributed by atoms with E-state index >= 15 is 0 Å². The highest BCUT2D eigenvalue weighted by molar-refractivity contribution is 5.45. The van der Waals surface area contributed by atoms with Crippen LogP contribution in [0.3, 0.4) is 0 Å². The van der Waals surface area contributed by atoms with Crippen molar-refractivity contribution in [1.82, 2.24) is 0 Å². The minimum absolute atomic E-state index is 0.324. The van der Waals surface area contributed by atoms with Gasteiger partial charge >= 0.3 is 0 Å². The molecular formula is C19H20O2. The number of fused-ring (bicyclic) bond motifs is 1. The summed E-state index contributed by atoms with van der Waals surface area (Å²) in [4.78, 5) is 0. The molecular weight excluding hydrogens is 260 g/mol. The van der Waals surface area contributed by atoms with Gasteiger partial charge in [0.2, 0.25) is 0 Å². The molecule has 1 fully saturated rings. The first-order valence-corrected chi connectivity index (χ1v) is 7.82. The number of para-hydroxylation sites is 1. The SMILES string of the molecule is OC(c1cccc2c1OCCC2)C1CC1c1ccccc1. The lowest BCUT2D eigenvalue weighted by Crippen LogP contribution is -2.13. The quantitative estimate of drug-likeness (QED) is 0.925. The maximum absolute atomic E-state index is 10.8. The van der Waals surface area contributed by atoms with Crippen LogP contribution in [0.2, 0.25) is 0 Å². The van der Waals surface area contributed by atoms with Gasteiger partial charge in [0.05, 0.1) is 12.7 Å². The second kappa shape index (κ2) is 5.19. The van der Waals surface area contributed by atoms with Crippen molar-refractivity contribution in [2.45, 2.75) is 31.3 Å². The molecule has 0 saturated heterocycles. The van der Waals surface area contributed by atoms with Gasteiger partial charge < -0.3 is 9.84 Å². The van der Waals surface area contributed by atoms with E-state index in [-0.39, 0.29) is 0 Å². The molecule has 108 valence electrons. The summed E-state index contributed by atoms with van der Waals surface area (Å²) in [6, 6.07) is 16.7. The van der Waals surface area contributed by atoms with E-state index in [0.29, 0.717) is 11.8 Å². The molecule has 2 aromatic carbocycles.